The van der Waals surface area contributed by atoms with Gasteiger partial charge in [0, 0.05) is 16.5 Å². The van der Waals surface area contributed by atoms with E-state index < -0.39 is 17.8 Å². The van der Waals surface area contributed by atoms with E-state index >= 15 is 0 Å². The zero-order valence-electron chi connectivity index (χ0n) is 20.4. The molecule has 4 rings (SSSR count). The van der Waals surface area contributed by atoms with Crippen molar-refractivity contribution in [2.45, 2.75) is 76.9 Å². The van der Waals surface area contributed by atoms with Crippen molar-refractivity contribution in [2.24, 2.45) is 0 Å². The number of carbonyl (C=O) groups is 1. The number of fused-ring (bicyclic) bond motifs is 1. The first-order valence-electron chi connectivity index (χ1n) is 11.8. The van der Waals surface area contributed by atoms with E-state index in [0.717, 1.165) is 34.7 Å². The van der Waals surface area contributed by atoms with E-state index in [-0.39, 0.29) is 5.69 Å². The number of anilines is 1. The predicted molar refractivity (Wildman–Crippen MR) is 134 cm³/mol. The molecule has 5 nitrogen and oxygen atoms in total. The molecule has 0 radical (unpaired) electrons. The fourth-order valence-corrected chi connectivity index (χ4v) is 4.34. The lowest BCUT2D eigenvalue weighted by atomic mass is 9.96. The van der Waals surface area contributed by atoms with E-state index in [1.54, 1.807) is 0 Å². The fraction of sp³-hybridized carbons (Fsp3) is 0.480. The van der Waals surface area contributed by atoms with Gasteiger partial charge in [0.2, 0.25) is 0 Å². The van der Waals surface area contributed by atoms with E-state index in [4.69, 9.17) is 5.10 Å². The van der Waals surface area contributed by atoms with E-state index in [9.17, 15) is 18.0 Å². The van der Waals surface area contributed by atoms with Crippen LogP contribution in [0.2, 0.25) is 0 Å². The van der Waals surface area contributed by atoms with E-state index in [2.05, 4.69) is 10.3 Å². The van der Waals surface area contributed by atoms with Gasteiger partial charge in [0.05, 0.1) is 17.2 Å². The minimum absolute atomic E-state index is 0.283. The van der Waals surface area contributed by atoms with Crippen LogP contribution in [0, 0.1) is 0 Å². The van der Waals surface area contributed by atoms with Crippen LogP contribution in [0.5, 0.6) is 0 Å². The minimum atomic E-state index is -4.60. The molecular formula is C25H33F3N4OS. The van der Waals surface area contributed by atoms with Gasteiger partial charge in [-0.25, -0.2) is 4.98 Å². The maximum absolute atomic E-state index is 12.9. The van der Waals surface area contributed by atoms with Crippen LogP contribution < -0.4 is 5.32 Å². The number of hydrogen-bond donors (Lipinski definition) is 1. The van der Waals surface area contributed by atoms with Crippen LogP contribution in [0.1, 0.15) is 82.0 Å². The maximum atomic E-state index is 12.9. The average molecular weight is 495 g/mol. The molecular weight excluding hydrogens is 461 g/mol. The molecule has 0 aliphatic heterocycles. The van der Waals surface area contributed by atoms with Gasteiger partial charge in [0.25, 0.3) is 5.91 Å². The Hall–Kier alpha value is -2.55. The first kappa shape index (κ1) is 27.7. The molecule has 2 heterocycles. The highest BCUT2D eigenvalue weighted by molar-refractivity contribution is 7.98. The standard InChI is InChI=1S/C21H21F3N4OS.2C2H6/c1-30-18-11-16-13(12-28(27-16)14-6-3-2-4-7-14)10-17(18)26-20(29)15-8-5-9-19(25-15)21(22,23)24;2*1-2/h5,8-12,14H,2-4,6-7H2,1H3,(H,26,29);2*1-2H3. The Labute approximate surface area is 203 Å². The Balaban J connectivity index is 0.000000970. The first-order chi connectivity index (χ1) is 16.3. The molecule has 9 heteroatoms. The van der Waals surface area contributed by atoms with Crippen molar-refractivity contribution in [3.8, 4) is 0 Å². The molecule has 0 spiro atoms. The quantitative estimate of drug-likeness (QED) is 0.374. The molecule has 0 bridgehead atoms. The van der Waals surface area contributed by atoms with Gasteiger partial charge in [0.1, 0.15) is 11.4 Å². The van der Waals surface area contributed by atoms with Gasteiger partial charge >= 0.3 is 6.18 Å². The summed E-state index contributed by atoms with van der Waals surface area (Å²) in [7, 11) is 0. The number of thioether (sulfide) groups is 1. The fourth-order valence-electron chi connectivity index (χ4n) is 3.78. The molecule has 1 aromatic carbocycles. The van der Waals surface area contributed by atoms with Crippen molar-refractivity contribution < 1.29 is 18.0 Å². The van der Waals surface area contributed by atoms with Crippen LogP contribution in [0.4, 0.5) is 18.9 Å². The third-order valence-electron chi connectivity index (χ3n) is 5.31. The third-order valence-corrected chi connectivity index (χ3v) is 6.09. The number of amides is 1. The second kappa shape index (κ2) is 12.8. The summed E-state index contributed by atoms with van der Waals surface area (Å²) >= 11 is 1.44. The number of nitrogens with zero attached hydrogens (tertiary/aromatic N) is 3. The molecule has 0 unspecified atom stereocenters. The lowest BCUT2D eigenvalue weighted by Gasteiger charge is -2.21. The van der Waals surface area contributed by atoms with Crippen LogP contribution in [-0.2, 0) is 6.18 Å². The van der Waals surface area contributed by atoms with Crippen LogP contribution in [0.15, 0.2) is 41.4 Å². The van der Waals surface area contributed by atoms with Crippen molar-refractivity contribution in [1.29, 1.82) is 0 Å². The number of hydrogen-bond acceptors (Lipinski definition) is 4. The van der Waals surface area contributed by atoms with Crippen molar-refractivity contribution in [2.75, 3.05) is 11.6 Å². The zero-order valence-corrected chi connectivity index (χ0v) is 21.2. The maximum Gasteiger partial charge on any atom is 0.433 e. The second-order valence-corrected chi connectivity index (χ2v) is 8.22. The zero-order chi connectivity index (χ0) is 25.3. The summed E-state index contributed by atoms with van der Waals surface area (Å²) in [4.78, 5) is 16.8. The molecule has 0 saturated heterocycles. The highest BCUT2D eigenvalue weighted by atomic mass is 32.2. The number of halogens is 3. The predicted octanol–water partition coefficient (Wildman–Crippen LogP) is 7.98. The molecule has 1 fully saturated rings. The molecule has 3 aromatic rings. The smallest absolute Gasteiger partial charge is 0.320 e. The number of benzene rings is 1. The normalized spacial score (nSPS) is 14.0. The van der Waals surface area contributed by atoms with Crippen LogP contribution in [-0.4, -0.2) is 26.9 Å². The summed E-state index contributed by atoms with van der Waals surface area (Å²) in [6.45, 7) is 8.00. The average Bonchev–Trinajstić information content (AvgIpc) is 3.29. The largest absolute Gasteiger partial charge is 0.433 e. The summed E-state index contributed by atoms with van der Waals surface area (Å²) in [5.74, 6) is -0.685. The minimum Gasteiger partial charge on any atom is -0.320 e. The van der Waals surface area contributed by atoms with Crippen LogP contribution in [0.3, 0.4) is 0 Å². The van der Waals surface area contributed by atoms with Crippen molar-refractivity contribution in [3.63, 3.8) is 0 Å². The summed E-state index contributed by atoms with van der Waals surface area (Å²) in [5.41, 5.74) is -0.0122. The van der Waals surface area contributed by atoms with Crippen molar-refractivity contribution in [3.05, 3.63) is 47.9 Å². The number of alkyl halides is 3. The number of rotatable bonds is 4. The van der Waals surface area contributed by atoms with Gasteiger partial charge in [-0.2, -0.15) is 18.3 Å². The third kappa shape index (κ3) is 6.74. The Kier molecular flexibility index (Phi) is 10.4. The molecule has 1 aliphatic carbocycles. The summed E-state index contributed by atoms with van der Waals surface area (Å²) in [6, 6.07) is 7.39. The second-order valence-electron chi connectivity index (χ2n) is 7.37. The highest BCUT2D eigenvalue weighted by Gasteiger charge is 2.33. The van der Waals surface area contributed by atoms with E-state index in [1.807, 2.05) is 57.0 Å². The SMILES string of the molecule is CC.CC.CSc1cc2nn(C3CCCCC3)cc2cc1NC(=O)c1cccc(C(F)(F)F)n1. The molecule has 1 aliphatic rings. The Morgan fingerprint density at radius 2 is 1.76 bits per heavy atom. The van der Waals surface area contributed by atoms with E-state index in [1.165, 1.54) is 43.2 Å². The van der Waals surface area contributed by atoms with Crippen molar-refractivity contribution in [1.82, 2.24) is 14.8 Å². The molecule has 34 heavy (non-hydrogen) atoms. The van der Waals surface area contributed by atoms with Gasteiger partial charge in [-0.15, -0.1) is 11.8 Å². The Morgan fingerprint density at radius 1 is 1.09 bits per heavy atom. The van der Waals surface area contributed by atoms with Gasteiger partial charge in [-0.1, -0.05) is 53.0 Å². The highest BCUT2D eigenvalue weighted by Crippen LogP contribution is 2.33. The Morgan fingerprint density at radius 3 is 2.38 bits per heavy atom. The van der Waals surface area contributed by atoms with Gasteiger partial charge in [-0.05, 0) is 43.4 Å². The molecule has 186 valence electrons. The first-order valence-corrected chi connectivity index (χ1v) is 13.0. The van der Waals surface area contributed by atoms with Gasteiger partial charge in [0.15, 0.2) is 0 Å². The Bertz CT molecular complexity index is 1080. The molecule has 1 N–H and O–H groups in total. The van der Waals surface area contributed by atoms with Crippen molar-refractivity contribution >= 4 is 34.3 Å². The van der Waals surface area contributed by atoms with Crippen LogP contribution in [0.25, 0.3) is 10.9 Å². The molecule has 0 atom stereocenters. The topological polar surface area (TPSA) is 59.8 Å². The lowest BCUT2D eigenvalue weighted by Crippen LogP contribution is -2.17. The van der Waals surface area contributed by atoms with Gasteiger partial charge in [-0.3, -0.25) is 9.48 Å². The van der Waals surface area contributed by atoms with Gasteiger partial charge < -0.3 is 5.32 Å². The number of aromatic nitrogens is 3. The summed E-state index contributed by atoms with van der Waals surface area (Å²) in [5, 5.41) is 8.31. The molecule has 1 saturated carbocycles. The summed E-state index contributed by atoms with van der Waals surface area (Å²) in [6.07, 6.45) is 5.11. The monoisotopic (exact) mass is 494 g/mol. The number of carbonyl (C=O) groups excluding carboxylic acids is 1. The summed E-state index contributed by atoms with van der Waals surface area (Å²) < 4.78 is 40.7. The molecule has 1 amide bonds. The number of nitrogens with one attached hydrogen (secondary N) is 1. The van der Waals surface area contributed by atoms with Crippen LogP contribution >= 0.6 is 11.8 Å². The van der Waals surface area contributed by atoms with E-state index in [0.29, 0.717) is 11.7 Å². The molecule has 2 aromatic heterocycles. The lowest BCUT2D eigenvalue weighted by molar-refractivity contribution is -0.141. The number of pyridine rings is 1.